The lowest BCUT2D eigenvalue weighted by molar-refractivity contribution is -0.141. The normalized spacial score (nSPS) is 18.9. The highest BCUT2D eigenvalue weighted by Gasteiger charge is 2.36. The Bertz CT molecular complexity index is 747. The third-order valence-electron chi connectivity index (χ3n) is 4.46. The third kappa shape index (κ3) is 3.05. The van der Waals surface area contributed by atoms with E-state index in [9.17, 15) is 18.0 Å². The van der Waals surface area contributed by atoms with Gasteiger partial charge in [0.05, 0.1) is 5.56 Å². The third-order valence-corrected chi connectivity index (χ3v) is 4.46. The van der Waals surface area contributed by atoms with E-state index in [1.54, 1.807) is 24.2 Å². The Morgan fingerprint density at radius 2 is 2.17 bits per heavy atom. The molecule has 0 spiro atoms. The Balaban J connectivity index is 1.80. The smallest absolute Gasteiger partial charge is 0.365 e. The number of carbonyl (C=O) groups excluding carboxylic acids is 1. The molecule has 1 aliphatic rings. The summed E-state index contributed by atoms with van der Waals surface area (Å²) >= 11 is 0. The van der Waals surface area contributed by atoms with Gasteiger partial charge in [0, 0.05) is 44.1 Å². The monoisotopic (exact) mass is 340 g/mol. The van der Waals surface area contributed by atoms with Crippen LogP contribution in [0.5, 0.6) is 0 Å². The first-order valence-electron chi connectivity index (χ1n) is 7.81. The Morgan fingerprint density at radius 3 is 2.75 bits per heavy atom. The first kappa shape index (κ1) is 16.6. The molecule has 1 atom stereocenters. The SMILES string of the molecule is Cc1[nH]ccc1C(=O)N1CCCC(c2nc(C(F)(F)F)cn2C)C1. The highest BCUT2D eigenvalue weighted by molar-refractivity contribution is 5.95. The van der Waals surface area contributed by atoms with Crippen molar-refractivity contribution in [3.63, 3.8) is 0 Å². The maximum atomic E-state index is 12.8. The summed E-state index contributed by atoms with van der Waals surface area (Å²) in [5, 5.41) is 0. The Labute approximate surface area is 137 Å². The zero-order valence-corrected chi connectivity index (χ0v) is 13.5. The van der Waals surface area contributed by atoms with Gasteiger partial charge >= 0.3 is 6.18 Å². The number of likely N-dealkylation sites (tertiary alicyclic amines) is 1. The second-order valence-corrected chi connectivity index (χ2v) is 6.20. The summed E-state index contributed by atoms with van der Waals surface area (Å²) < 4.78 is 39.9. The predicted octanol–water partition coefficient (Wildman–Crippen LogP) is 3.10. The van der Waals surface area contributed by atoms with E-state index >= 15 is 0 Å². The molecule has 0 saturated carbocycles. The van der Waals surface area contributed by atoms with Crippen molar-refractivity contribution in [3.8, 4) is 0 Å². The molecule has 130 valence electrons. The molecule has 0 aliphatic carbocycles. The Morgan fingerprint density at radius 1 is 1.42 bits per heavy atom. The minimum atomic E-state index is -4.46. The number of aromatic amines is 1. The predicted molar refractivity (Wildman–Crippen MR) is 81.6 cm³/mol. The molecule has 2 aromatic rings. The number of imidazole rings is 1. The lowest BCUT2D eigenvalue weighted by Crippen LogP contribution is -2.39. The summed E-state index contributed by atoms with van der Waals surface area (Å²) in [7, 11) is 1.56. The number of nitrogens with zero attached hydrogens (tertiary/aromatic N) is 3. The molecular formula is C16H19F3N4O. The first-order valence-corrected chi connectivity index (χ1v) is 7.81. The van der Waals surface area contributed by atoms with Gasteiger partial charge in [-0.2, -0.15) is 13.2 Å². The second kappa shape index (κ2) is 5.99. The molecule has 3 rings (SSSR count). The lowest BCUT2D eigenvalue weighted by atomic mass is 9.96. The van der Waals surface area contributed by atoms with Crippen LogP contribution in [0.3, 0.4) is 0 Å². The number of aromatic nitrogens is 3. The largest absolute Gasteiger partial charge is 0.434 e. The van der Waals surface area contributed by atoms with Gasteiger partial charge in [-0.3, -0.25) is 4.79 Å². The molecule has 24 heavy (non-hydrogen) atoms. The van der Waals surface area contributed by atoms with Crippen molar-refractivity contribution >= 4 is 5.91 Å². The van der Waals surface area contributed by atoms with Gasteiger partial charge in [0.2, 0.25) is 0 Å². The zero-order valence-electron chi connectivity index (χ0n) is 13.5. The number of piperidine rings is 1. The summed E-state index contributed by atoms with van der Waals surface area (Å²) in [6, 6.07) is 1.73. The maximum Gasteiger partial charge on any atom is 0.434 e. The van der Waals surface area contributed by atoms with Gasteiger partial charge in [-0.15, -0.1) is 0 Å². The summed E-state index contributed by atoms with van der Waals surface area (Å²) in [6.07, 6.45) is -0.278. The molecule has 0 bridgehead atoms. The molecule has 5 nitrogen and oxygen atoms in total. The standard InChI is InChI=1S/C16H19F3N4O/c1-10-12(5-6-20-10)15(24)23-7-3-4-11(8-23)14-21-13(9-22(14)2)16(17,18)19/h5-6,9,11,20H,3-4,7-8H2,1-2H3. The van der Waals surface area contributed by atoms with Gasteiger partial charge in [-0.25, -0.2) is 4.98 Å². The highest BCUT2D eigenvalue weighted by Crippen LogP contribution is 2.32. The van der Waals surface area contributed by atoms with Crippen molar-refractivity contribution in [2.45, 2.75) is 31.9 Å². The molecule has 8 heteroatoms. The van der Waals surface area contributed by atoms with E-state index in [4.69, 9.17) is 0 Å². The number of carbonyl (C=O) groups is 1. The van der Waals surface area contributed by atoms with Crippen LogP contribution in [-0.4, -0.2) is 38.4 Å². The van der Waals surface area contributed by atoms with Crippen LogP contribution >= 0.6 is 0 Å². The molecule has 1 aliphatic heterocycles. The van der Waals surface area contributed by atoms with Crippen molar-refractivity contribution in [3.05, 3.63) is 41.2 Å². The number of amides is 1. The minimum Gasteiger partial charge on any atom is -0.365 e. The Kier molecular flexibility index (Phi) is 4.15. The van der Waals surface area contributed by atoms with E-state index in [1.165, 1.54) is 4.57 Å². The van der Waals surface area contributed by atoms with Crippen LogP contribution in [0, 0.1) is 6.92 Å². The van der Waals surface area contributed by atoms with Crippen LogP contribution in [0.25, 0.3) is 0 Å². The number of aryl methyl sites for hydroxylation is 2. The van der Waals surface area contributed by atoms with Crippen LogP contribution in [0.15, 0.2) is 18.5 Å². The van der Waals surface area contributed by atoms with Gasteiger partial charge in [0.15, 0.2) is 5.69 Å². The van der Waals surface area contributed by atoms with E-state index < -0.39 is 11.9 Å². The molecular weight excluding hydrogens is 321 g/mol. The molecule has 2 aromatic heterocycles. The number of alkyl halides is 3. The lowest BCUT2D eigenvalue weighted by Gasteiger charge is -2.32. The molecule has 1 saturated heterocycles. The number of halogens is 3. The zero-order chi connectivity index (χ0) is 17.5. The van der Waals surface area contributed by atoms with E-state index in [1.807, 2.05) is 6.92 Å². The fraction of sp³-hybridized carbons (Fsp3) is 0.500. The fourth-order valence-electron chi connectivity index (χ4n) is 3.22. The molecule has 1 N–H and O–H groups in total. The van der Waals surface area contributed by atoms with Crippen molar-refractivity contribution in [1.29, 1.82) is 0 Å². The molecule has 1 fully saturated rings. The number of hydrogen-bond acceptors (Lipinski definition) is 2. The number of hydrogen-bond donors (Lipinski definition) is 1. The summed E-state index contributed by atoms with van der Waals surface area (Å²) in [5.74, 6) is 0.0948. The van der Waals surface area contributed by atoms with Crippen LogP contribution in [0.2, 0.25) is 0 Å². The van der Waals surface area contributed by atoms with Gasteiger partial charge in [0.25, 0.3) is 5.91 Å². The molecule has 3 heterocycles. The van der Waals surface area contributed by atoms with Crippen molar-refractivity contribution in [2.75, 3.05) is 13.1 Å². The van der Waals surface area contributed by atoms with Crippen LogP contribution in [0.4, 0.5) is 13.2 Å². The molecule has 0 radical (unpaired) electrons. The number of nitrogens with one attached hydrogen (secondary N) is 1. The first-order chi connectivity index (χ1) is 11.3. The van der Waals surface area contributed by atoms with E-state index in [0.717, 1.165) is 24.7 Å². The minimum absolute atomic E-state index is 0.0938. The average Bonchev–Trinajstić information content (AvgIpc) is 3.12. The second-order valence-electron chi connectivity index (χ2n) is 6.20. The quantitative estimate of drug-likeness (QED) is 0.913. The molecule has 0 aromatic carbocycles. The molecule has 1 unspecified atom stereocenters. The van der Waals surface area contributed by atoms with Crippen LogP contribution < -0.4 is 0 Å². The highest BCUT2D eigenvalue weighted by atomic mass is 19.4. The van der Waals surface area contributed by atoms with E-state index in [2.05, 4.69) is 9.97 Å². The van der Waals surface area contributed by atoms with Gasteiger partial charge in [-0.1, -0.05) is 0 Å². The number of rotatable bonds is 2. The van der Waals surface area contributed by atoms with Crippen molar-refractivity contribution < 1.29 is 18.0 Å². The van der Waals surface area contributed by atoms with E-state index in [0.29, 0.717) is 24.5 Å². The van der Waals surface area contributed by atoms with Gasteiger partial charge < -0.3 is 14.5 Å². The van der Waals surface area contributed by atoms with Crippen LogP contribution in [0.1, 0.15) is 46.3 Å². The topological polar surface area (TPSA) is 53.9 Å². The summed E-state index contributed by atoms with van der Waals surface area (Å²) in [5.41, 5.74) is 0.509. The maximum absolute atomic E-state index is 12.8. The van der Waals surface area contributed by atoms with Crippen LogP contribution in [-0.2, 0) is 13.2 Å². The summed E-state index contributed by atoms with van der Waals surface area (Å²) in [4.78, 5) is 21.1. The van der Waals surface area contributed by atoms with Crippen molar-refractivity contribution in [1.82, 2.24) is 19.4 Å². The van der Waals surface area contributed by atoms with Gasteiger partial charge in [0.1, 0.15) is 5.82 Å². The fourth-order valence-corrected chi connectivity index (χ4v) is 3.22. The number of H-pyrrole nitrogens is 1. The molecule has 1 amide bonds. The Hall–Kier alpha value is -2.25. The van der Waals surface area contributed by atoms with Crippen molar-refractivity contribution in [2.24, 2.45) is 7.05 Å². The average molecular weight is 340 g/mol. The van der Waals surface area contributed by atoms with E-state index in [-0.39, 0.29) is 11.8 Å². The van der Waals surface area contributed by atoms with Gasteiger partial charge in [-0.05, 0) is 25.8 Å². The summed E-state index contributed by atoms with van der Waals surface area (Å²) in [6.45, 7) is 2.81.